The summed E-state index contributed by atoms with van der Waals surface area (Å²) in [5.41, 5.74) is 1.02. The third kappa shape index (κ3) is 3.98. The number of aryl methyl sites for hydroxylation is 1. The molecule has 0 aliphatic rings. The molecular weight excluding hydrogens is 270 g/mol. The number of hydrogen-bond donors (Lipinski definition) is 1. The lowest BCUT2D eigenvalue weighted by Crippen LogP contribution is -1.96. The van der Waals surface area contributed by atoms with Crippen LogP contribution in [0.15, 0.2) is 29.6 Å². The normalized spacial score (nSPS) is 10.6. The van der Waals surface area contributed by atoms with Crippen molar-refractivity contribution in [3.63, 3.8) is 0 Å². The van der Waals surface area contributed by atoms with Gasteiger partial charge in [-0.2, -0.15) is 0 Å². The minimum Gasteiger partial charge on any atom is -0.486 e. The topological polar surface area (TPSA) is 42.4 Å². The second kappa shape index (κ2) is 6.73. The fourth-order valence-electron chi connectivity index (χ4n) is 1.47. The van der Waals surface area contributed by atoms with Crippen molar-refractivity contribution in [3.8, 4) is 5.75 Å². The van der Waals surface area contributed by atoms with Gasteiger partial charge in [-0.05, 0) is 37.1 Å². The quantitative estimate of drug-likeness (QED) is 0.884. The van der Waals surface area contributed by atoms with Crippen molar-refractivity contribution in [2.24, 2.45) is 0 Å². The number of ether oxygens (including phenoxy) is 1. The number of aliphatic hydroxyl groups excluding tert-OH is 1. The van der Waals surface area contributed by atoms with E-state index in [0.29, 0.717) is 11.6 Å². The molecule has 1 aromatic heterocycles. The number of rotatable bonds is 6. The molecule has 1 N–H and O–H groups in total. The van der Waals surface area contributed by atoms with Crippen molar-refractivity contribution in [2.75, 3.05) is 6.61 Å². The van der Waals surface area contributed by atoms with Crippen molar-refractivity contribution in [2.45, 2.75) is 19.4 Å². The predicted octanol–water partition coefficient (Wildman–Crippen LogP) is 3.30. The van der Waals surface area contributed by atoms with Crippen molar-refractivity contribution in [1.29, 1.82) is 0 Å². The van der Waals surface area contributed by atoms with Crippen molar-refractivity contribution in [1.82, 2.24) is 4.98 Å². The van der Waals surface area contributed by atoms with Gasteiger partial charge >= 0.3 is 0 Å². The Bertz CT molecular complexity index is 484. The minimum absolute atomic E-state index is 0.203. The Hall–Kier alpha value is -1.10. The molecule has 0 spiro atoms. The van der Waals surface area contributed by atoms with Gasteiger partial charge in [0, 0.05) is 17.0 Å². The summed E-state index contributed by atoms with van der Waals surface area (Å²) in [5, 5.41) is 12.4. The molecule has 2 rings (SSSR count). The summed E-state index contributed by atoms with van der Waals surface area (Å²) in [5.74, 6) is 0.784. The summed E-state index contributed by atoms with van der Waals surface area (Å²) < 4.78 is 5.60. The van der Waals surface area contributed by atoms with E-state index in [1.807, 2.05) is 17.5 Å². The molecule has 96 valence electrons. The molecule has 5 heteroatoms. The second-order valence-electron chi connectivity index (χ2n) is 3.80. The standard InChI is InChI=1S/C13H14ClNO2S/c14-10-3-5-12(6-4-10)17-8-13-15-11(9-18-13)2-1-7-16/h3-6,9,16H,1-2,7-8H2. The summed E-state index contributed by atoms with van der Waals surface area (Å²) in [6.07, 6.45) is 1.56. The molecule has 0 aliphatic carbocycles. The van der Waals surface area contributed by atoms with Gasteiger partial charge in [-0.25, -0.2) is 4.98 Å². The van der Waals surface area contributed by atoms with Gasteiger partial charge < -0.3 is 9.84 Å². The molecule has 1 heterocycles. The summed E-state index contributed by atoms with van der Waals surface area (Å²) in [7, 11) is 0. The van der Waals surface area contributed by atoms with E-state index < -0.39 is 0 Å². The molecule has 0 radical (unpaired) electrons. The molecule has 0 unspecified atom stereocenters. The van der Waals surface area contributed by atoms with Crippen LogP contribution < -0.4 is 4.74 Å². The smallest absolute Gasteiger partial charge is 0.140 e. The van der Waals surface area contributed by atoms with E-state index in [-0.39, 0.29) is 6.61 Å². The molecule has 0 aliphatic heterocycles. The van der Waals surface area contributed by atoms with E-state index in [1.54, 1.807) is 23.5 Å². The SMILES string of the molecule is OCCCc1csc(COc2ccc(Cl)cc2)n1. The number of benzene rings is 1. The zero-order valence-corrected chi connectivity index (χ0v) is 11.4. The summed E-state index contributed by atoms with van der Waals surface area (Å²) in [6, 6.07) is 7.27. The maximum atomic E-state index is 8.75. The highest BCUT2D eigenvalue weighted by Crippen LogP contribution is 2.18. The highest BCUT2D eigenvalue weighted by molar-refractivity contribution is 7.09. The number of halogens is 1. The Labute approximate surface area is 115 Å². The van der Waals surface area contributed by atoms with Gasteiger partial charge in [-0.15, -0.1) is 11.3 Å². The van der Waals surface area contributed by atoms with Gasteiger partial charge in [-0.1, -0.05) is 11.6 Å². The average molecular weight is 284 g/mol. The van der Waals surface area contributed by atoms with Crippen LogP contribution in [0.1, 0.15) is 17.1 Å². The van der Waals surface area contributed by atoms with Crippen LogP contribution in [0, 0.1) is 0 Å². The minimum atomic E-state index is 0.203. The van der Waals surface area contributed by atoms with Gasteiger partial charge in [-0.3, -0.25) is 0 Å². The molecule has 0 saturated heterocycles. The molecule has 18 heavy (non-hydrogen) atoms. The van der Waals surface area contributed by atoms with Crippen molar-refractivity contribution < 1.29 is 9.84 Å². The van der Waals surface area contributed by atoms with Crippen LogP contribution in [-0.2, 0) is 13.0 Å². The average Bonchev–Trinajstić information content (AvgIpc) is 2.84. The molecule has 0 fully saturated rings. The van der Waals surface area contributed by atoms with Crippen LogP contribution >= 0.6 is 22.9 Å². The Morgan fingerprint density at radius 3 is 2.78 bits per heavy atom. The molecule has 0 amide bonds. The number of aromatic nitrogens is 1. The molecule has 0 bridgehead atoms. The molecular formula is C13H14ClNO2S. The van der Waals surface area contributed by atoms with Crippen LogP contribution in [0.2, 0.25) is 5.02 Å². The van der Waals surface area contributed by atoms with E-state index in [0.717, 1.165) is 29.3 Å². The van der Waals surface area contributed by atoms with Crippen LogP contribution in [0.4, 0.5) is 0 Å². The zero-order valence-electron chi connectivity index (χ0n) is 9.80. The van der Waals surface area contributed by atoms with Crippen molar-refractivity contribution >= 4 is 22.9 Å². The first-order valence-corrected chi connectivity index (χ1v) is 6.96. The Kier molecular flexibility index (Phi) is 4.99. The van der Waals surface area contributed by atoms with Crippen molar-refractivity contribution in [3.05, 3.63) is 45.4 Å². The predicted molar refractivity (Wildman–Crippen MR) is 73.3 cm³/mol. The maximum Gasteiger partial charge on any atom is 0.140 e. The summed E-state index contributed by atoms with van der Waals surface area (Å²) in [4.78, 5) is 4.44. The van der Waals surface area contributed by atoms with E-state index in [2.05, 4.69) is 4.98 Å². The van der Waals surface area contributed by atoms with Crippen LogP contribution in [-0.4, -0.2) is 16.7 Å². The molecule has 0 saturated carbocycles. The Balaban J connectivity index is 1.86. The Morgan fingerprint density at radius 1 is 1.28 bits per heavy atom. The van der Waals surface area contributed by atoms with Gasteiger partial charge in [0.25, 0.3) is 0 Å². The van der Waals surface area contributed by atoms with E-state index >= 15 is 0 Å². The number of nitrogens with zero attached hydrogens (tertiary/aromatic N) is 1. The van der Waals surface area contributed by atoms with Crippen LogP contribution in [0.3, 0.4) is 0 Å². The van der Waals surface area contributed by atoms with Gasteiger partial charge in [0.05, 0.1) is 5.69 Å². The zero-order chi connectivity index (χ0) is 12.8. The number of thiazole rings is 1. The van der Waals surface area contributed by atoms with Gasteiger partial charge in [0.1, 0.15) is 17.4 Å². The highest BCUT2D eigenvalue weighted by atomic mass is 35.5. The molecule has 1 aromatic carbocycles. The van der Waals surface area contributed by atoms with Gasteiger partial charge in [0.2, 0.25) is 0 Å². The van der Waals surface area contributed by atoms with E-state index in [1.165, 1.54) is 0 Å². The first-order chi connectivity index (χ1) is 8.78. The second-order valence-corrected chi connectivity index (χ2v) is 5.18. The molecule has 0 atom stereocenters. The lowest BCUT2D eigenvalue weighted by atomic mass is 10.3. The molecule has 3 nitrogen and oxygen atoms in total. The largest absolute Gasteiger partial charge is 0.486 e. The highest BCUT2D eigenvalue weighted by Gasteiger charge is 2.03. The monoisotopic (exact) mass is 283 g/mol. The van der Waals surface area contributed by atoms with Crippen LogP contribution in [0.25, 0.3) is 0 Å². The van der Waals surface area contributed by atoms with E-state index in [4.69, 9.17) is 21.4 Å². The number of hydrogen-bond acceptors (Lipinski definition) is 4. The summed E-state index contributed by atoms with van der Waals surface area (Å²) in [6.45, 7) is 0.666. The van der Waals surface area contributed by atoms with Gasteiger partial charge in [0.15, 0.2) is 0 Å². The lowest BCUT2D eigenvalue weighted by Gasteiger charge is -2.03. The first-order valence-electron chi connectivity index (χ1n) is 5.70. The third-order valence-corrected chi connectivity index (χ3v) is 3.49. The lowest BCUT2D eigenvalue weighted by molar-refractivity contribution is 0.287. The molecule has 2 aromatic rings. The first kappa shape index (κ1) is 13.3. The van der Waals surface area contributed by atoms with Crippen LogP contribution in [0.5, 0.6) is 5.75 Å². The fourth-order valence-corrected chi connectivity index (χ4v) is 2.33. The number of aliphatic hydroxyl groups is 1. The van der Waals surface area contributed by atoms with E-state index in [9.17, 15) is 0 Å². The Morgan fingerprint density at radius 2 is 2.06 bits per heavy atom. The fraction of sp³-hybridized carbons (Fsp3) is 0.308. The summed E-state index contributed by atoms with van der Waals surface area (Å²) >= 11 is 7.37. The third-order valence-electron chi connectivity index (χ3n) is 2.37. The maximum absolute atomic E-state index is 8.75.